The number of amides is 1. The molecule has 0 bridgehead atoms. The van der Waals surface area contributed by atoms with Crippen molar-refractivity contribution in [2.45, 2.75) is 0 Å². The highest BCUT2D eigenvalue weighted by molar-refractivity contribution is 9.10. The maximum atomic E-state index is 12.5. The van der Waals surface area contributed by atoms with Gasteiger partial charge in [-0.25, -0.2) is 4.79 Å². The number of carboxylic acids is 1. The lowest BCUT2D eigenvalue weighted by Crippen LogP contribution is -2.14. The minimum Gasteiger partial charge on any atom is -0.478 e. The zero-order valence-electron chi connectivity index (χ0n) is 11.5. The average molecular weight is 411 g/mol. The van der Waals surface area contributed by atoms with Crippen LogP contribution >= 0.6 is 38.9 Å². The number of nitrogens with one attached hydrogen (secondary N) is 1. The molecule has 4 nitrogen and oxygen atoms in total. The molecule has 1 amide bonds. The van der Waals surface area contributed by atoms with Crippen molar-refractivity contribution in [3.8, 4) is 0 Å². The topological polar surface area (TPSA) is 66.4 Å². The quantitative estimate of drug-likeness (QED) is 0.618. The molecular formula is C16H9BrClNO3S. The number of carboxylic acid groups (broad SMARTS) is 1. The van der Waals surface area contributed by atoms with Crippen LogP contribution in [-0.4, -0.2) is 17.0 Å². The highest BCUT2D eigenvalue weighted by atomic mass is 79.9. The molecule has 0 unspecified atom stereocenters. The van der Waals surface area contributed by atoms with Crippen LogP contribution in [0.15, 0.2) is 46.9 Å². The standard InChI is InChI=1S/C16H9BrClNO3S/c17-8-5-6-9(16(21)22)11(7-8)19-15(20)14-13(18)10-3-1-2-4-12(10)23-14/h1-7H,(H,19,20)(H,21,22). The van der Waals surface area contributed by atoms with E-state index in [4.69, 9.17) is 11.6 Å². The van der Waals surface area contributed by atoms with Crippen molar-refractivity contribution < 1.29 is 14.7 Å². The molecule has 3 aromatic rings. The molecule has 1 aromatic heterocycles. The number of benzene rings is 2. The summed E-state index contributed by atoms with van der Waals surface area (Å²) in [5.74, 6) is -1.55. The van der Waals surface area contributed by atoms with Gasteiger partial charge in [0.2, 0.25) is 0 Å². The van der Waals surface area contributed by atoms with Crippen LogP contribution in [0.25, 0.3) is 10.1 Å². The van der Waals surface area contributed by atoms with Gasteiger partial charge in [0.25, 0.3) is 5.91 Å². The molecule has 0 aliphatic rings. The van der Waals surface area contributed by atoms with Gasteiger partial charge in [0.15, 0.2) is 0 Å². The van der Waals surface area contributed by atoms with Gasteiger partial charge in [-0.1, -0.05) is 45.7 Å². The van der Waals surface area contributed by atoms with Crippen LogP contribution in [0.4, 0.5) is 5.69 Å². The number of hydrogen-bond donors (Lipinski definition) is 2. The Labute approximate surface area is 148 Å². The molecule has 0 radical (unpaired) electrons. The predicted octanol–water partition coefficient (Wildman–Crippen LogP) is 5.27. The zero-order valence-corrected chi connectivity index (χ0v) is 14.6. The summed E-state index contributed by atoms with van der Waals surface area (Å²) >= 11 is 10.8. The Morgan fingerprint density at radius 3 is 2.61 bits per heavy atom. The Balaban J connectivity index is 2.00. The van der Waals surface area contributed by atoms with E-state index in [1.807, 2.05) is 24.3 Å². The molecule has 1 heterocycles. The molecule has 2 N–H and O–H groups in total. The van der Waals surface area contributed by atoms with Gasteiger partial charge in [-0.2, -0.15) is 0 Å². The number of halogens is 2. The van der Waals surface area contributed by atoms with E-state index in [1.165, 1.54) is 17.4 Å². The van der Waals surface area contributed by atoms with Crippen molar-refractivity contribution in [2.24, 2.45) is 0 Å². The number of fused-ring (bicyclic) bond motifs is 1. The molecule has 2 aromatic carbocycles. The first kappa shape index (κ1) is 16.0. The summed E-state index contributed by atoms with van der Waals surface area (Å²) in [4.78, 5) is 24.1. The summed E-state index contributed by atoms with van der Waals surface area (Å²) in [5.41, 5.74) is 0.226. The number of carbonyl (C=O) groups is 2. The van der Waals surface area contributed by atoms with Gasteiger partial charge in [0.05, 0.1) is 16.3 Å². The lowest BCUT2D eigenvalue weighted by Gasteiger charge is -2.08. The fourth-order valence-corrected chi connectivity index (χ4v) is 3.92. The number of hydrogen-bond acceptors (Lipinski definition) is 3. The van der Waals surface area contributed by atoms with Gasteiger partial charge in [-0.05, 0) is 24.3 Å². The number of aromatic carboxylic acids is 1. The van der Waals surface area contributed by atoms with Crippen LogP contribution in [0.3, 0.4) is 0 Å². The number of carbonyl (C=O) groups excluding carboxylic acids is 1. The lowest BCUT2D eigenvalue weighted by molar-refractivity contribution is 0.0698. The van der Waals surface area contributed by atoms with Crippen molar-refractivity contribution >= 4 is 66.5 Å². The Morgan fingerprint density at radius 1 is 1.17 bits per heavy atom. The third-order valence-corrected chi connectivity index (χ3v) is 5.37. The average Bonchev–Trinajstić information content (AvgIpc) is 2.85. The molecule has 3 rings (SSSR count). The predicted molar refractivity (Wildman–Crippen MR) is 95.9 cm³/mol. The molecule has 0 spiro atoms. The molecular weight excluding hydrogens is 402 g/mol. The highest BCUT2D eigenvalue weighted by Gasteiger charge is 2.19. The molecule has 23 heavy (non-hydrogen) atoms. The van der Waals surface area contributed by atoms with Gasteiger partial charge < -0.3 is 10.4 Å². The van der Waals surface area contributed by atoms with Crippen molar-refractivity contribution in [1.29, 1.82) is 0 Å². The van der Waals surface area contributed by atoms with Crippen LogP contribution < -0.4 is 5.32 Å². The van der Waals surface area contributed by atoms with E-state index >= 15 is 0 Å². The summed E-state index contributed by atoms with van der Waals surface area (Å²) in [7, 11) is 0. The summed E-state index contributed by atoms with van der Waals surface area (Å²) < 4.78 is 1.57. The number of rotatable bonds is 3. The third-order valence-electron chi connectivity index (χ3n) is 3.20. The van der Waals surface area contributed by atoms with Crippen molar-refractivity contribution in [3.05, 3.63) is 62.4 Å². The second-order valence-electron chi connectivity index (χ2n) is 4.69. The first-order valence-electron chi connectivity index (χ1n) is 6.48. The van der Waals surface area contributed by atoms with E-state index in [-0.39, 0.29) is 11.3 Å². The molecule has 0 atom stereocenters. The van der Waals surface area contributed by atoms with E-state index in [2.05, 4.69) is 21.2 Å². The smallest absolute Gasteiger partial charge is 0.337 e. The second kappa shape index (κ2) is 6.31. The molecule has 0 aliphatic heterocycles. The molecule has 7 heteroatoms. The van der Waals surface area contributed by atoms with Gasteiger partial charge in [-0.15, -0.1) is 11.3 Å². The van der Waals surface area contributed by atoms with Crippen molar-refractivity contribution in [2.75, 3.05) is 5.32 Å². The largest absolute Gasteiger partial charge is 0.478 e. The highest BCUT2D eigenvalue weighted by Crippen LogP contribution is 2.35. The molecule has 116 valence electrons. The van der Waals surface area contributed by atoms with E-state index in [1.54, 1.807) is 12.1 Å². The maximum Gasteiger partial charge on any atom is 0.337 e. The Morgan fingerprint density at radius 2 is 1.91 bits per heavy atom. The molecule has 0 fully saturated rings. The number of anilines is 1. The van der Waals surface area contributed by atoms with Gasteiger partial charge in [0.1, 0.15) is 4.88 Å². The van der Waals surface area contributed by atoms with Crippen LogP contribution in [0.2, 0.25) is 5.02 Å². The molecule has 0 saturated heterocycles. The fraction of sp³-hybridized carbons (Fsp3) is 0. The van der Waals surface area contributed by atoms with Crippen LogP contribution in [0, 0.1) is 0 Å². The Kier molecular flexibility index (Phi) is 4.39. The zero-order chi connectivity index (χ0) is 16.6. The SMILES string of the molecule is O=C(O)c1ccc(Br)cc1NC(=O)c1sc2ccccc2c1Cl. The van der Waals surface area contributed by atoms with Crippen LogP contribution in [0.1, 0.15) is 20.0 Å². The van der Waals surface area contributed by atoms with E-state index < -0.39 is 11.9 Å². The van der Waals surface area contributed by atoms with Gasteiger partial charge >= 0.3 is 5.97 Å². The van der Waals surface area contributed by atoms with Gasteiger partial charge in [0, 0.05) is 14.6 Å². The number of thiophene rings is 1. The Bertz CT molecular complexity index is 938. The first-order chi connectivity index (χ1) is 11.0. The van der Waals surface area contributed by atoms with E-state index in [0.717, 1.165) is 10.1 Å². The van der Waals surface area contributed by atoms with E-state index in [9.17, 15) is 14.7 Å². The summed E-state index contributed by atoms with van der Waals surface area (Å²) in [6.07, 6.45) is 0. The van der Waals surface area contributed by atoms with Crippen molar-refractivity contribution in [3.63, 3.8) is 0 Å². The van der Waals surface area contributed by atoms with Gasteiger partial charge in [-0.3, -0.25) is 4.79 Å². The summed E-state index contributed by atoms with van der Waals surface area (Å²) in [6.45, 7) is 0. The summed E-state index contributed by atoms with van der Waals surface area (Å²) in [5, 5.41) is 13.0. The minimum atomic E-state index is -1.12. The Hall–Kier alpha value is -1.89. The minimum absolute atomic E-state index is 0.0128. The van der Waals surface area contributed by atoms with Crippen LogP contribution in [0.5, 0.6) is 0 Å². The first-order valence-corrected chi connectivity index (χ1v) is 8.47. The second-order valence-corrected chi connectivity index (χ2v) is 7.04. The lowest BCUT2D eigenvalue weighted by atomic mass is 10.1. The third kappa shape index (κ3) is 3.10. The maximum absolute atomic E-state index is 12.5. The van der Waals surface area contributed by atoms with Crippen LogP contribution in [-0.2, 0) is 0 Å². The van der Waals surface area contributed by atoms with E-state index in [0.29, 0.717) is 14.4 Å². The molecule has 0 aliphatic carbocycles. The normalized spacial score (nSPS) is 10.7. The fourth-order valence-electron chi connectivity index (χ4n) is 2.15. The van der Waals surface area contributed by atoms with Crippen molar-refractivity contribution in [1.82, 2.24) is 0 Å². The molecule has 0 saturated carbocycles. The monoisotopic (exact) mass is 409 g/mol. The summed E-state index contributed by atoms with van der Waals surface area (Å²) in [6, 6.07) is 12.0.